The van der Waals surface area contributed by atoms with Crippen molar-refractivity contribution >= 4 is 5.91 Å². The van der Waals surface area contributed by atoms with Crippen molar-refractivity contribution in [1.29, 1.82) is 0 Å². The third kappa shape index (κ3) is 4.14. The van der Waals surface area contributed by atoms with Gasteiger partial charge in [-0.15, -0.1) is 0 Å². The Morgan fingerprint density at radius 3 is 2.54 bits per heavy atom. The van der Waals surface area contributed by atoms with Crippen LogP contribution in [-0.2, 0) is 11.2 Å². The summed E-state index contributed by atoms with van der Waals surface area (Å²) in [6.45, 7) is 3.55. The second kappa shape index (κ2) is 8.38. The van der Waals surface area contributed by atoms with Crippen LogP contribution in [-0.4, -0.2) is 34.0 Å². The molecule has 2 heterocycles. The van der Waals surface area contributed by atoms with Crippen LogP contribution in [0.25, 0.3) is 11.4 Å². The Kier molecular flexibility index (Phi) is 5.51. The van der Waals surface area contributed by atoms with Gasteiger partial charge in [-0.1, -0.05) is 72.7 Å². The van der Waals surface area contributed by atoms with E-state index in [1.54, 1.807) is 0 Å². The van der Waals surface area contributed by atoms with Gasteiger partial charge in [-0.05, 0) is 24.3 Å². The Bertz CT molecular complexity index is 908. The molecule has 5 nitrogen and oxygen atoms in total. The molecule has 2 atom stereocenters. The molecule has 0 N–H and O–H groups in total. The van der Waals surface area contributed by atoms with Gasteiger partial charge in [-0.2, -0.15) is 4.98 Å². The molecule has 1 aromatic heterocycles. The summed E-state index contributed by atoms with van der Waals surface area (Å²) in [5.41, 5.74) is 2.22. The van der Waals surface area contributed by atoms with Crippen molar-refractivity contribution < 1.29 is 9.32 Å². The van der Waals surface area contributed by atoms with E-state index in [-0.39, 0.29) is 11.8 Å². The molecule has 28 heavy (non-hydrogen) atoms. The normalized spacial score (nSPS) is 19.1. The largest absolute Gasteiger partial charge is 0.342 e. The van der Waals surface area contributed by atoms with Gasteiger partial charge in [0.2, 0.25) is 17.6 Å². The summed E-state index contributed by atoms with van der Waals surface area (Å²) in [6, 6.07) is 20.1. The van der Waals surface area contributed by atoms with E-state index in [2.05, 4.69) is 29.2 Å². The number of carbonyl (C=O) groups is 1. The van der Waals surface area contributed by atoms with Crippen molar-refractivity contribution in [3.8, 4) is 11.4 Å². The van der Waals surface area contributed by atoms with Crippen LogP contribution in [0.1, 0.15) is 37.1 Å². The van der Waals surface area contributed by atoms with Crippen LogP contribution in [0, 0.1) is 5.92 Å². The van der Waals surface area contributed by atoms with Gasteiger partial charge < -0.3 is 9.42 Å². The van der Waals surface area contributed by atoms with Crippen molar-refractivity contribution in [2.75, 3.05) is 13.1 Å². The van der Waals surface area contributed by atoms with E-state index in [0.717, 1.165) is 24.9 Å². The molecule has 1 aliphatic heterocycles. The zero-order valence-corrected chi connectivity index (χ0v) is 16.1. The Morgan fingerprint density at radius 2 is 1.79 bits per heavy atom. The minimum Gasteiger partial charge on any atom is -0.342 e. The maximum absolute atomic E-state index is 12.6. The van der Waals surface area contributed by atoms with Gasteiger partial charge in [0.25, 0.3) is 0 Å². The highest BCUT2D eigenvalue weighted by Crippen LogP contribution is 2.32. The molecule has 4 rings (SSSR count). The van der Waals surface area contributed by atoms with E-state index in [0.29, 0.717) is 30.6 Å². The number of hydrogen-bond acceptors (Lipinski definition) is 4. The molecule has 1 fully saturated rings. The lowest BCUT2D eigenvalue weighted by Crippen LogP contribution is -2.28. The lowest BCUT2D eigenvalue weighted by Gasteiger charge is -2.15. The van der Waals surface area contributed by atoms with E-state index >= 15 is 0 Å². The van der Waals surface area contributed by atoms with E-state index < -0.39 is 0 Å². The Hall–Kier alpha value is -2.95. The topological polar surface area (TPSA) is 59.2 Å². The number of aryl methyl sites for hydroxylation is 1. The fraction of sp³-hybridized carbons (Fsp3) is 0.348. The molecule has 0 unspecified atom stereocenters. The molecule has 1 saturated heterocycles. The van der Waals surface area contributed by atoms with Crippen LogP contribution in [0.4, 0.5) is 0 Å². The highest BCUT2D eigenvalue weighted by molar-refractivity contribution is 5.76. The van der Waals surface area contributed by atoms with Gasteiger partial charge in [-0.3, -0.25) is 4.79 Å². The van der Waals surface area contributed by atoms with Gasteiger partial charge in [0, 0.05) is 25.1 Å². The predicted molar refractivity (Wildman–Crippen MR) is 108 cm³/mol. The molecule has 0 bridgehead atoms. The van der Waals surface area contributed by atoms with Crippen LogP contribution >= 0.6 is 0 Å². The Balaban J connectivity index is 1.34. The summed E-state index contributed by atoms with van der Waals surface area (Å²) in [6.07, 6.45) is 2.38. The van der Waals surface area contributed by atoms with Crippen molar-refractivity contribution in [2.45, 2.75) is 32.1 Å². The molecule has 0 spiro atoms. The zero-order chi connectivity index (χ0) is 19.3. The molecule has 1 aliphatic rings. The summed E-state index contributed by atoms with van der Waals surface area (Å²) in [5, 5.41) is 4.13. The Morgan fingerprint density at radius 1 is 1.07 bits per heavy atom. The highest BCUT2D eigenvalue weighted by Gasteiger charge is 2.36. The number of carbonyl (C=O) groups excluding carboxylic acids is 1. The molecular formula is C23H25N3O2. The maximum atomic E-state index is 12.6. The first-order chi connectivity index (χ1) is 13.7. The van der Waals surface area contributed by atoms with Gasteiger partial charge in [0.1, 0.15) is 0 Å². The quantitative estimate of drug-likeness (QED) is 0.644. The molecule has 0 radical (unpaired) electrons. The van der Waals surface area contributed by atoms with Crippen molar-refractivity contribution in [3.05, 3.63) is 72.1 Å². The summed E-state index contributed by atoms with van der Waals surface area (Å²) < 4.78 is 5.54. The number of likely N-dealkylation sites (tertiary alicyclic amines) is 1. The number of amides is 1. The van der Waals surface area contributed by atoms with E-state index in [1.165, 1.54) is 5.56 Å². The highest BCUT2D eigenvalue weighted by atomic mass is 16.5. The molecule has 0 saturated carbocycles. The van der Waals surface area contributed by atoms with Gasteiger partial charge in [0.05, 0.1) is 5.92 Å². The molecule has 2 aromatic carbocycles. The standard InChI is InChI=1S/C23H25N3O2/c1-17-15-26(21(27)14-8-11-18-9-4-2-5-10-18)16-20(17)23-24-22(25-28-23)19-12-6-3-7-13-19/h2-7,9-10,12-13,17,20H,8,11,14-16H2,1H3/t17-,20-/m0/s1. The molecule has 0 aliphatic carbocycles. The molecular weight excluding hydrogens is 350 g/mol. The SMILES string of the molecule is C[C@H]1CN(C(=O)CCCc2ccccc2)C[C@@H]1c1nc(-c2ccccc2)no1. The number of rotatable bonds is 6. The fourth-order valence-corrected chi connectivity index (χ4v) is 3.83. The van der Waals surface area contributed by atoms with Crippen molar-refractivity contribution in [2.24, 2.45) is 5.92 Å². The van der Waals surface area contributed by atoms with Crippen LogP contribution in [0.2, 0.25) is 0 Å². The van der Waals surface area contributed by atoms with Crippen LogP contribution < -0.4 is 0 Å². The molecule has 1 amide bonds. The Labute approximate surface area is 165 Å². The zero-order valence-electron chi connectivity index (χ0n) is 16.1. The third-order valence-electron chi connectivity index (χ3n) is 5.45. The maximum Gasteiger partial charge on any atom is 0.232 e. The summed E-state index contributed by atoms with van der Waals surface area (Å²) >= 11 is 0. The van der Waals surface area contributed by atoms with E-state index in [1.807, 2.05) is 53.4 Å². The summed E-state index contributed by atoms with van der Waals surface area (Å²) in [5.74, 6) is 1.86. The van der Waals surface area contributed by atoms with Gasteiger partial charge in [-0.25, -0.2) is 0 Å². The van der Waals surface area contributed by atoms with E-state index in [4.69, 9.17) is 4.52 Å². The molecule has 5 heteroatoms. The lowest BCUT2D eigenvalue weighted by molar-refractivity contribution is -0.130. The van der Waals surface area contributed by atoms with Crippen LogP contribution in [0.3, 0.4) is 0 Å². The second-order valence-electron chi connectivity index (χ2n) is 7.54. The minimum atomic E-state index is 0.100. The smallest absolute Gasteiger partial charge is 0.232 e. The molecule has 144 valence electrons. The average Bonchev–Trinajstić information content (AvgIpc) is 3.36. The minimum absolute atomic E-state index is 0.100. The summed E-state index contributed by atoms with van der Waals surface area (Å²) in [4.78, 5) is 19.2. The second-order valence-corrected chi connectivity index (χ2v) is 7.54. The molecule has 3 aromatic rings. The van der Waals surface area contributed by atoms with Crippen molar-refractivity contribution in [1.82, 2.24) is 15.0 Å². The fourth-order valence-electron chi connectivity index (χ4n) is 3.83. The first-order valence-electron chi connectivity index (χ1n) is 9.91. The summed E-state index contributed by atoms with van der Waals surface area (Å²) in [7, 11) is 0. The number of hydrogen-bond donors (Lipinski definition) is 0. The number of benzene rings is 2. The first kappa shape index (κ1) is 18.4. The number of aromatic nitrogens is 2. The first-order valence-corrected chi connectivity index (χ1v) is 9.91. The van der Waals surface area contributed by atoms with Gasteiger partial charge in [0.15, 0.2) is 0 Å². The predicted octanol–water partition coefficient (Wildman–Crippen LogP) is 4.32. The van der Waals surface area contributed by atoms with Crippen molar-refractivity contribution in [3.63, 3.8) is 0 Å². The van der Waals surface area contributed by atoms with Crippen LogP contribution in [0.15, 0.2) is 65.2 Å². The van der Waals surface area contributed by atoms with E-state index in [9.17, 15) is 4.79 Å². The monoisotopic (exact) mass is 375 g/mol. The van der Waals surface area contributed by atoms with Crippen LogP contribution in [0.5, 0.6) is 0 Å². The lowest BCUT2D eigenvalue weighted by atomic mass is 9.98. The number of nitrogens with zero attached hydrogens (tertiary/aromatic N) is 3. The third-order valence-corrected chi connectivity index (χ3v) is 5.45. The average molecular weight is 375 g/mol. The van der Waals surface area contributed by atoms with Gasteiger partial charge >= 0.3 is 0 Å².